The predicted octanol–water partition coefficient (Wildman–Crippen LogP) is 4.23. The molecule has 2 aromatic carbocycles. The molecule has 0 aromatic heterocycles. The summed E-state index contributed by atoms with van der Waals surface area (Å²) in [5.74, 6) is 1.72. The van der Waals surface area contributed by atoms with E-state index < -0.39 is 4.92 Å². The van der Waals surface area contributed by atoms with Gasteiger partial charge in [0.15, 0.2) is 0 Å². The fraction of sp³-hybridized carbons (Fsp3) is 0.125. The summed E-state index contributed by atoms with van der Waals surface area (Å²) in [5.41, 5.74) is 2.04. The van der Waals surface area contributed by atoms with E-state index in [1.54, 1.807) is 18.9 Å². The minimum Gasteiger partial charge on any atom is -0.497 e. The predicted molar refractivity (Wildman–Crippen MR) is 85.0 cm³/mol. The van der Waals surface area contributed by atoms with E-state index in [0.29, 0.717) is 0 Å². The molecule has 0 aliphatic heterocycles. The fourth-order valence-corrected chi connectivity index (χ4v) is 2.56. The SMILES string of the molecule is COc1ccc(CSc2ccc(/C=C/[N+](=O)[O-])cc2)cc1. The Bertz CT molecular complexity index is 621. The maximum atomic E-state index is 10.3. The first-order valence-corrected chi connectivity index (χ1v) is 7.33. The zero-order valence-electron chi connectivity index (χ0n) is 11.6. The first kappa shape index (κ1) is 15.1. The maximum absolute atomic E-state index is 10.3. The van der Waals surface area contributed by atoms with E-state index in [4.69, 9.17) is 4.74 Å². The van der Waals surface area contributed by atoms with Crippen LogP contribution < -0.4 is 4.74 Å². The van der Waals surface area contributed by atoms with E-state index in [-0.39, 0.29) is 0 Å². The third kappa shape index (κ3) is 4.96. The van der Waals surface area contributed by atoms with Crippen LogP contribution >= 0.6 is 11.8 Å². The molecule has 0 heterocycles. The summed E-state index contributed by atoms with van der Waals surface area (Å²) in [5, 5.41) is 10.3. The van der Waals surface area contributed by atoms with Gasteiger partial charge in [0.1, 0.15) is 5.75 Å². The van der Waals surface area contributed by atoms with Crippen molar-refractivity contribution in [2.75, 3.05) is 7.11 Å². The summed E-state index contributed by atoms with van der Waals surface area (Å²) in [7, 11) is 1.65. The van der Waals surface area contributed by atoms with Gasteiger partial charge in [-0.3, -0.25) is 10.1 Å². The van der Waals surface area contributed by atoms with Crippen LogP contribution in [0.3, 0.4) is 0 Å². The first-order chi connectivity index (χ1) is 10.2. The van der Waals surface area contributed by atoms with Crippen molar-refractivity contribution in [2.24, 2.45) is 0 Å². The van der Waals surface area contributed by atoms with E-state index >= 15 is 0 Å². The smallest absolute Gasteiger partial charge is 0.235 e. The van der Waals surface area contributed by atoms with Gasteiger partial charge in [-0.15, -0.1) is 11.8 Å². The molecule has 0 saturated heterocycles. The van der Waals surface area contributed by atoms with E-state index in [0.717, 1.165) is 28.2 Å². The molecule has 2 rings (SSSR count). The normalized spacial score (nSPS) is 10.7. The van der Waals surface area contributed by atoms with Crippen LogP contribution in [0.25, 0.3) is 6.08 Å². The standard InChI is InChI=1S/C16H15NO3S/c1-20-15-6-2-14(3-7-15)12-21-16-8-4-13(5-9-16)10-11-17(18)19/h2-11H,12H2,1H3/b11-10+. The van der Waals surface area contributed by atoms with Gasteiger partial charge in [0.05, 0.1) is 12.0 Å². The van der Waals surface area contributed by atoms with E-state index in [2.05, 4.69) is 0 Å². The Hall–Kier alpha value is -2.27. The Labute approximate surface area is 127 Å². The number of nitrogens with zero attached hydrogens (tertiary/aromatic N) is 1. The lowest BCUT2D eigenvalue weighted by Gasteiger charge is -2.04. The molecule has 0 aliphatic rings. The van der Waals surface area contributed by atoms with Gasteiger partial charge in [0.25, 0.3) is 0 Å². The average Bonchev–Trinajstić information content (AvgIpc) is 2.52. The molecule has 0 bridgehead atoms. The van der Waals surface area contributed by atoms with Crippen LogP contribution in [0, 0.1) is 10.1 Å². The number of hydrogen-bond acceptors (Lipinski definition) is 4. The monoisotopic (exact) mass is 301 g/mol. The molecular weight excluding hydrogens is 286 g/mol. The van der Waals surface area contributed by atoms with Crippen LogP contribution in [0.1, 0.15) is 11.1 Å². The summed E-state index contributed by atoms with van der Waals surface area (Å²) < 4.78 is 5.12. The topological polar surface area (TPSA) is 52.4 Å². The third-order valence-electron chi connectivity index (χ3n) is 2.83. The van der Waals surface area contributed by atoms with Gasteiger partial charge in [0, 0.05) is 16.7 Å². The Morgan fingerprint density at radius 3 is 2.38 bits per heavy atom. The van der Waals surface area contributed by atoms with E-state index in [9.17, 15) is 10.1 Å². The summed E-state index contributed by atoms with van der Waals surface area (Å²) in [6.07, 6.45) is 2.43. The molecule has 2 aromatic rings. The van der Waals surface area contributed by atoms with Crippen LogP contribution in [0.5, 0.6) is 5.75 Å². The van der Waals surface area contributed by atoms with Crippen molar-refractivity contribution in [3.8, 4) is 5.75 Å². The molecule has 0 atom stereocenters. The van der Waals surface area contributed by atoms with Gasteiger partial charge in [-0.25, -0.2) is 0 Å². The molecule has 0 amide bonds. The average molecular weight is 301 g/mol. The second-order valence-corrected chi connectivity index (χ2v) is 5.36. The second-order valence-electron chi connectivity index (χ2n) is 4.31. The summed E-state index contributed by atoms with van der Waals surface area (Å²) in [6, 6.07) is 15.6. The highest BCUT2D eigenvalue weighted by atomic mass is 32.2. The number of rotatable bonds is 6. The molecule has 4 nitrogen and oxygen atoms in total. The highest BCUT2D eigenvalue weighted by Crippen LogP contribution is 2.24. The minimum atomic E-state index is -0.466. The molecule has 0 aliphatic carbocycles. The third-order valence-corrected chi connectivity index (χ3v) is 3.92. The zero-order chi connectivity index (χ0) is 15.1. The number of hydrogen-bond donors (Lipinski definition) is 0. The number of nitro groups is 1. The second kappa shape index (κ2) is 7.50. The number of methoxy groups -OCH3 is 1. The molecule has 0 unspecified atom stereocenters. The molecule has 21 heavy (non-hydrogen) atoms. The van der Waals surface area contributed by atoms with Gasteiger partial charge in [0.2, 0.25) is 6.20 Å². The molecule has 0 spiro atoms. The van der Waals surface area contributed by atoms with Gasteiger partial charge in [-0.05, 0) is 35.4 Å². The number of thioether (sulfide) groups is 1. The van der Waals surface area contributed by atoms with Crippen molar-refractivity contribution < 1.29 is 9.66 Å². The maximum Gasteiger partial charge on any atom is 0.235 e. The molecule has 108 valence electrons. The van der Waals surface area contributed by atoms with Crippen LogP contribution in [0.15, 0.2) is 59.6 Å². The Morgan fingerprint density at radius 2 is 1.81 bits per heavy atom. The molecular formula is C16H15NO3S. The minimum absolute atomic E-state index is 0.466. The van der Waals surface area contributed by atoms with Crippen molar-refractivity contribution in [3.05, 3.63) is 76.0 Å². The van der Waals surface area contributed by atoms with Crippen molar-refractivity contribution in [1.29, 1.82) is 0 Å². The van der Waals surface area contributed by atoms with Crippen LogP contribution in [0.4, 0.5) is 0 Å². The van der Waals surface area contributed by atoms with Crippen molar-refractivity contribution in [3.63, 3.8) is 0 Å². The van der Waals surface area contributed by atoms with Gasteiger partial charge < -0.3 is 4.74 Å². The largest absolute Gasteiger partial charge is 0.497 e. The molecule has 0 radical (unpaired) electrons. The van der Waals surface area contributed by atoms with E-state index in [1.165, 1.54) is 11.6 Å². The van der Waals surface area contributed by atoms with Gasteiger partial charge in [-0.1, -0.05) is 24.3 Å². The van der Waals surface area contributed by atoms with Crippen LogP contribution in [-0.2, 0) is 5.75 Å². The number of ether oxygens (including phenoxy) is 1. The molecule has 0 fully saturated rings. The summed E-state index contributed by atoms with van der Waals surface area (Å²) in [6.45, 7) is 0. The van der Waals surface area contributed by atoms with Crippen molar-refractivity contribution >= 4 is 17.8 Å². The zero-order valence-corrected chi connectivity index (χ0v) is 12.4. The Morgan fingerprint density at radius 1 is 1.14 bits per heavy atom. The lowest BCUT2D eigenvalue weighted by Crippen LogP contribution is -1.85. The van der Waals surface area contributed by atoms with Crippen LogP contribution in [-0.4, -0.2) is 12.0 Å². The van der Waals surface area contributed by atoms with E-state index in [1.807, 2.05) is 48.5 Å². The van der Waals surface area contributed by atoms with Gasteiger partial charge >= 0.3 is 0 Å². The lowest BCUT2D eigenvalue weighted by atomic mass is 10.2. The molecule has 5 heteroatoms. The number of benzene rings is 2. The fourth-order valence-electron chi connectivity index (χ4n) is 1.71. The van der Waals surface area contributed by atoms with Crippen molar-refractivity contribution in [2.45, 2.75) is 10.6 Å². The summed E-state index contributed by atoms with van der Waals surface area (Å²) >= 11 is 1.72. The quantitative estimate of drug-likeness (QED) is 0.455. The Balaban J connectivity index is 1.92. The highest BCUT2D eigenvalue weighted by Gasteiger charge is 1.98. The molecule has 0 saturated carbocycles. The van der Waals surface area contributed by atoms with Gasteiger partial charge in [-0.2, -0.15) is 0 Å². The van der Waals surface area contributed by atoms with Crippen LogP contribution in [0.2, 0.25) is 0 Å². The molecule has 0 N–H and O–H groups in total. The summed E-state index contributed by atoms with van der Waals surface area (Å²) in [4.78, 5) is 10.9. The van der Waals surface area contributed by atoms with Crippen molar-refractivity contribution in [1.82, 2.24) is 0 Å². The highest BCUT2D eigenvalue weighted by molar-refractivity contribution is 7.98. The lowest BCUT2D eigenvalue weighted by molar-refractivity contribution is -0.400. The Kier molecular flexibility index (Phi) is 5.40. The first-order valence-electron chi connectivity index (χ1n) is 6.35.